The molecule has 0 spiro atoms. The van der Waals surface area contributed by atoms with Crippen LogP contribution < -0.4 is 5.73 Å². The first kappa shape index (κ1) is 15.3. The summed E-state index contributed by atoms with van der Waals surface area (Å²) in [4.78, 5) is 10.9. The van der Waals surface area contributed by atoms with Gasteiger partial charge in [-0.05, 0) is 24.5 Å². The number of aromatic carboxylic acids is 1. The van der Waals surface area contributed by atoms with Crippen LogP contribution in [0.1, 0.15) is 41.2 Å². The number of hydrogen-bond donors (Lipinski definition) is 3. The van der Waals surface area contributed by atoms with Crippen molar-refractivity contribution in [2.45, 2.75) is 25.3 Å². The fraction of sp³-hybridized carbons (Fsp3) is 0.417. The molecule has 1 aliphatic rings. The summed E-state index contributed by atoms with van der Waals surface area (Å²) >= 11 is 3.31. The van der Waals surface area contributed by atoms with Gasteiger partial charge < -0.3 is 15.9 Å². The van der Waals surface area contributed by atoms with Gasteiger partial charge in [-0.25, -0.2) is 4.79 Å². The van der Waals surface area contributed by atoms with E-state index >= 15 is 0 Å². The third kappa shape index (κ3) is 3.16. The van der Waals surface area contributed by atoms with Crippen molar-refractivity contribution >= 4 is 34.3 Å². The van der Waals surface area contributed by atoms with Crippen LogP contribution in [-0.2, 0) is 0 Å². The second kappa shape index (κ2) is 5.91. The van der Waals surface area contributed by atoms with Gasteiger partial charge in [-0.2, -0.15) is 0 Å². The van der Waals surface area contributed by atoms with Crippen LogP contribution in [0.25, 0.3) is 0 Å². The van der Waals surface area contributed by atoms with Crippen LogP contribution in [0.3, 0.4) is 0 Å². The first-order chi connectivity index (χ1) is 8.00. The van der Waals surface area contributed by atoms with Crippen LogP contribution >= 0.6 is 28.3 Å². The van der Waals surface area contributed by atoms with Crippen molar-refractivity contribution in [2.75, 3.05) is 0 Å². The number of nitrogens with two attached hydrogens (primary N) is 1. The summed E-state index contributed by atoms with van der Waals surface area (Å²) in [5.41, 5.74) is 6.42. The molecule has 18 heavy (non-hydrogen) atoms. The number of benzene rings is 1. The average Bonchev–Trinajstić information content (AvgIpc) is 3.00. The van der Waals surface area contributed by atoms with E-state index in [2.05, 4.69) is 15.9 Å². The Morgan fingerprint density at radius 1 is 1.50 bits per heavy atom. The van der Waals surface area contributed by atoms with Gasteiger partial charge in [0.2, 0.25) is 0 Å². The van der Waals surface area contributed by atoms with Gasteiger partial charge in [0, 0.05) is 16.1 Å². The summed E-state index contributed by atoms with van der Waals surface area (Å²) < 4.78 is 0.660. The number of rotatable bonds is 4. The van der Waals surface area contributed by atoms with E-state index in [9.17, 15) is 9.90 Å². The molecular weight excluding hydrogens is 321 g/mol. The molecule has 0 bridgehead atoms. The van der Waals surface area contributed by atoms with Gasteiger partial charge in [0.1, 0.15) is 11.3 Å². The van der Waals surface area contributed by atoms with E-state index in [4.69, 9.17) is 10.8 Å². The largest absolute Gasteiger partial charge is 0.507 e. The fourth-order valence-corrected chi connectivity index (χ4v) is 2.55. The highest BCUT2D eigenvalue weighted by molar-refractivity contribution is 9.10. The highest BCUT2D eigenvalue weighted by Gasteiger charge is 2.28. The maximum atomic E-state index is 10.9. The van der Waals surface area contributed by atoms with Crippen molar-refractivity contribution in [2.24, 2.45) is 11.7 Å². The lowest BCUT2D eigenvalue weighted by atomic mass is 9.98. The molecule has 6 heteroatoms. The van der Waals surface area contributed by atoms with Crippen LogP contribution in [0.4, 0.5) is 0 Å². The van der Waals surface area contributed by atoms with E-state index in [1.165, 1.54) is 18.9 Å². The SMILES string of the molecule is Cl.N[C@H](CC1CC1)c1c(Br)ccc(C(=O)O)c1O. The summed E-state index contributed by atoms with van der Waals surface area (Å²) in [6, 6.07) is 2.66. The highest BCUT2D eigenvalue weighted by atomic mass is 79.9. The molecule has 0 unspecified atom stereocenters. The molecule has 0 aromatic heterocycles. The Kier molecular flexibility index (Phi) is 5.01. The molecule has 1 aromatic rings. The predicted octanol–water partition coefficient (Wildman–Crippen LogP) is 3.07. The summed E-state index contributed by atoms with van der Waals surface area (Å²) in [6.07, 6.45) is 3.13. The number of hydrogen-bond acceptors (Lipinski definition) is 3. The molecule has 0 radical (unpaired) electrons. The molecular formula is C12H15BrClNO3. The number of carboxylic acids is 1. The summed E-state index contributed by atoms with van der Waals surface area (Å²) in [5.74, 6) is -0.750. The minimum absolute atomic E-state index is 0. The zero-order valence-electron chi connectivity index (χ0n) is 9.60. The smallest absolute Gasteiger partial charge is 0.339 e. The summed E-state index contributed by atoms with van der Waals surface area (Å²) in [7, 11) is 0. The Bertz CT molecular complexity index is 463. The number of halogens is 2. The van der Waals surface area contributed by atoms with Crippen molar-refractivity contribution in [3.8, 4) is 5.75 Å². The topological polar surface area (TPSA) is 83.6 Å². The molecule has 1 fully saturated rings. The number of carbonyl (C=O) groups is 1. The number of carboxylic acid groups (broad SMARTS) is 1. The van der Waals surface area contributed by atoms with Crippen molar-refractivity contribution in [1.29, 1.82) is 0 Å². The molecule has 1 aromatic carbocycles. The minimum Gasteiger partial charge on any atom is -0.507 e. The third-order valence-electron chi connectivity index (χ3n) is 3.05. The third-order valence-corrected chi connectivity index (χ3v) is 3.74. The van der Waals surface area contributed by atoms with Crippen LogP contribution in [0, 0.1) is 5.92 Å². The van der Waals surface area contributed by atoms with Gasteiger partial charge >= 0.3 is 5.97 Å². The molecule has 4 N–H and O–H groups in total. The van der Waals surface area contributed by atoms with Crippen LogP contribution in [-0.4, -0.2) is 16.2 Å². The van der Waals surface area contributed by atoms with Crippen molar-refractivity contribution in [3.63, 3.8) is 0 Å². The van der Waals surface area contributed by atoms with Gasteiger partial charge in [-0.15, -0.1) is 12.4 Å². The fourth-order valence-electron chi connectivity index (χ4n) is 1.94. The monoisotopic (exact) mass is 335 g/mol. The van der Waals surface area contributed by atoms with Gasteiger partial charge in [-0.1, -0.05) is 28.8 Å². The van der Waals surface area contributed by atoms with Gasteiger partial charge in [-0.3, -0.25) is 0 Å². The first-order valence-corrected chi connectivity index (χ1v) is 6.30. The molecule has 1 saturated carbocycles. The predicted molar refractivity (Wildman–Crippen MR) is 74.3 cm³/mol. The van der Waals surface area contributed by atoms with E-state index in [1.807, 2.05) is 0 Å². The Morgan fingerprint density at radius 3 is 2.61 bits per heavy atom. The maximum absolute atomic E-state index is 10.9. The van der Waals surface area contributed by atoms with Crippen LogP contribution in [0.15, 0.2) is 16.6 Å². The number of phenols is 1. The van der Waals surface area contributed by atoms with Crippen molar-refractivity contribution in [3.05, 3.63) is 27.7 Å². The van der Waals surface area contributed by atoms with Crippen molar-refractivity contribution < 1.29 is 15.0 Å². The van der Waals surface area contributed by atoms with E-state index in [-0.39, 0.29) is 29.8 Å². The molecule has 4 nitrogen and oxygen atoms in total. The zero-order valence-corrected chi connectivity index (χ0v) is 12.0. The van der Waals surface area contributed by atoms with Crippen molar-refractivity contribution in [1.82, 2.24) is 0 Å². The van der Waals surface area contributed by atoms with E-state index in [1.54, 1.807) is 6.07 Å². The Balaban J connectivity index is 0.00000162. The highest BCUT2D eigenvalue weighted by Crippen LogP contribution is 2.41. The van der Waals surface area contributed by atoms with Crippen LogP contribution in [0.5, 0.6) is 5.75 Å². The van der Waals surface area contributed by atoms with Gasteiger partial charge in [0.05, 0.1) is 0 Å². The maximum Gasteiger partial charge on any atom is 0.339 e. The Morgan fingerprint density at radius 2 is 2.11 bits per heavy atom. The lowest BCUT2D eigenvalue weighted by molar-refractivity contribution is 0.0693. The van der Waals surface area contributed by atoms with Gasteiger partial charge in [0.15, 0.2) is 0 Å². The normalized spacial score (nSPS) is 15.9. The van der Waals surface area contributed by atoms with Gasteiger partial charge in [0.25, 0.3) is 0 Å². The molecule has 0 amide bonds. The lowest BCUT2D eigenvalue weighted by Gasteiger charge is -2.16. The molecule has 0 saturated heterocycles. The van der Waals surface area contributed by atoms with Crippen LogP contribution in [0.2, 0.25) is 0 Å². The molecule has 2 rings (SSSR count). The van der Waals surface area contributed by atoms with E-state index in [0.29, 0.717) is 16.0 Å². The standard InChI is InChI=1S/C12H14BrNO3.ClH/c13-8-4-3-7(12(16)17)11(15)10(8)9(14)5-6-1-2-6;/h3-4,6,9,15H,1-2,5,14H2,(H,16,17);1H/t9-;/m1./s1. The summed E-state index contributed by atoms with van der Waals surface area (Å²) in [6.45, 7) is 0. The number of aromatic hydroxyl groups is 1. The first-order valence-electron chi connectivity index (χ1n) is 5.51. The quantitative estimate of drug-likeness (QED) is 0.789. The molecule has 100 valence electrons. The molecule has 0 heterocycles. The van der Waals surface area contributed by atoms with E-state index in [0.717, 1.165) is 6.42 Å². The second-order valence-corrected chi connectivity index (χ2v) is 5.30. The zero-order chi connectivity index (χ0) is 12.6. The Labute approximate surface area is 120 Å². The molecule has 1 atom stereocenters. The summed E-state index contributed by atoms with van der Waals surface area (Å²) in [5, 5.41) is 18.9. The Hall–Kier alpha value is -0.780. The molecule has 1 aliphatic carbocycles. The minimum atomic E-state index is -1.14. The average molecular weight is 337 g/mol. The lowest BCUT2D eigenvalue weighted by Crippen LogP contribution is -2.13. The molecule has 0 aliphatic heterocycles. The second-order valence-electron chi connectivity index (χ2n) is 4.45. The van der Waals surface area contributed by atoms with E-state index < -0.39 is 5.97 Å².